The Hall–Kier alpha value is -1.63. The summed E-state index contributed by atoms with van der Waals surface area (Å²) in [4.78, 5) is 24.8. The molecule has 0 saturated heterocycles. The predicted octanol–water partition coefficient (Wildman–Crippen LogP) is 2.83. The van der Waals surface area contributed by atoms with Crippen molar-refractivity contribution < 1.29 is 14.8 Å². The second-order valence-corrected chi connectivity index (χ2v) is 5.23. The Balaban J connectivity index is 2.90. The highest BCUT2D eigenvalue weighted by Crippen LogP contribution is 2.28. The maximum absolute atomic E-state index is 10.9. The molecule has 0 bridgehead atoms. The molecule has 0 aliphatic heterocycles. The number of carboxylic acid groups (broad SMARTS) is 1. The SMILES string of the molecule is CC(C)CCSc1ncc(C(=O)O)cc1[N+](=O)[O-]. The number of hydrogen-bond donors (Lipinski definition) is 1. The Labute approximate surface area is 109 Å². The van der Waals surface area contributed by atoms with Crippen molar-refractivity contribution in [2.24, 2.45) is 5.92 Å². The number of nitrogens with zero attached hydrogens (tertiary/aromatic N) is 2. The minimum absolute atomic E-state index is 0.171. The van der Waals surface area contributed by atoms with E-state index in [-0.39, 0.29) is 16.3 Å². The van der Waals surface area contributed by atoms with Gasteiger partial charge < -0.3 is 5.11 Å². The molecule has 18 heavy (non-hydrogen) atoms. The zero-order valence-corrected chi connectivity index (χ0v) is 10.9. The highest BCUT2D eigenvalue weighted by atomic mass is 32.2. The minimum Gasteiger partial charge on any atom is -0.478 e. The van der Waals surface area contributed by atoms with E-state index in [1.54, 1.807) is 0 Å². The fourth-order valence-electron chi connectivity index (χ4n) is 1.19. The Morgan fingerprint density at radius 1 is 1.61 bits per heavy atom. The summed E-state index contributed by atoms with van der Waals surface area (Å²) in [5, 5.41) is 19.9. The monoisotopic (exact) mass is 270 g/mol. The van der Waals surface area contributed by atoms with E-state index in [1.165, 1.54) is 11.8 Å². The molecule has 0 aliphatic carbocycles. The number of aromatic nitrogens is 1. The van der Waals surface area contributed by atoms with Crippen LogP contribution in [0, 0.1) is 16.0 Å². The summed E-state index contributed by atoms with van der Waals surface area (Å²) in [6.07, 6.45) is 2.07. The Morgan fingerprint density at radius 3 is 2.78 bits per heavy atom. The van der Waals surface area contributed by atoms with Crippen LogP contribution in [-0.4, -0.2) is 26.7 Å². The first-order chi connectivity index (χ1) is 8.41. The standard InChI is InChI=1S/C11H14N2O4S/c1-7(2)3-4-18-10-9(13(16)17)5-8(6-12-10)11(14)15/h5-7H,3-4H2,1-2H3,(H,14,15). The van der Waals surface area contributed by atoms with Crippen molar-refractivity contribution in [3.05, 3.63) is 27.9 Å². The van der Waals surface area contributed by atoms with Gasteiger partial charge in [0.15, 0.2) is 5.03 Å². The van der Waals surface area contributed by atoms with Crippen LogP contribution in [0.25, 0.3) is 0 Å². The first-order valence-electron chi connectivity index (χ1n) is 5.42. The molecule has 98 valence electrons. The third-order valence-corrected chi connectivity index (χ3v) is 3.24. The zero-order chi connectivity index (χ0) is 13.7. The number of pyridine rings is 1. The van der Waals surface area contributed by atoms with Gasteiger partial charge in [-0.2, -0.15) is 0 Å². The van der Waals surface area contributed by atoms with Crippen molar-refractivity contribution in [1.82, 2.24) is 4.98 Å². The molecule has 1 rings (SSSR count). The molecule has 0 saturated carbocycles. The van der Waals surface area contributed by atoms with Crippen LogP contribution in [0.4, 0.5) is 5.69 Å². The third kappa shape index (κ3) is 3.99. The molecule has 0 aromatic carbocycles. The van der Waals surface area contributed by atoms with E-state index in [4.69, 9.17) is 5.11 Å². The molecule has 1 aromatic heterocycles. The van der Waals surface area contributed by atoms with Crippen LogP contribution in [0.3, 0.4) is 0 Å². The van der Waals surface area contributed by atoms with E-state index in [9.17, 15) is 14.9 Å². The molecule has 0 amide bonds. The Bertz CT molecular complexity index is 462. The van der Waals surface area contributed by atoms with E-state index in [0.29, 0.717) is 5.92 Å². The number of hydrogen-bond acceptors (Lipinski definition) is 5. The van der Waals surface area contributed by atoms with E-state index < -0.39 is 10.9 Å². The average Bonchev–Trinajstić information content (AvgIpc) is 2.28. The fraction of sp³-hybridized carbons (Fsp3) is 0.455. The number of thioether (sulfide) groups is 1. The van der Waals surface area contributed by atoms with Gasteiger partial charge in [0.25, 0.3) is 0 Å². The van der Waals surface area contributed by atoms with Crippen LogP contribution in [0.2, 0.25) is 0 Å². The quantitative estimate of drug-likeness (QED) is 0.485. The lowest BCUT2D eigenvalue weighted by Crippen LogP contribution is -2.02. The van der Waals surface area contributed by atoms with Crippen LogP contribution in [-0.2, 0) is 0 Å². The van der Waals surface area contributed by atoms with Crippen molar-refractivity contribution in [3.8, 4) is 0 Å². The van der Waals surface area contributed by atoms with E-state index >= 15 is 0 Å². The maximum atomic E-state index is 10.9. The number of nitro groups is 1. The van der Waals surface area contributed by atoms with Crippen LogP contribution < -0.4 is 0 Å². The molecular formula is C11H14N2O4S. The molecule has 1 heterocycles. The molecule has 1 N–H and O–H groups in total. The second kappa shape index (κ2) is 6.34. The van der Waals surface area contributed by atoms with Gasteiger partial charge in [0.2, 0.25) is 0 Å². The summed E-state index contributed by atoms with van der Waals surface area (Å²) in [5.74, 6) is 0.0111. The normalized spacial score (nSPS) is 10.6. The van der Waals surface area contributed by atoms with Crippen molar-refractivity contribution >= 4 is 23.4 Å². The summed E-state index contributed by atoms with van der Waals surface area (Å²) in [6, 6.07) is 1.05. The van der Waals surface area contributed by atoms with Crippen molar-refractivity contribution in [2.45, 2.75) is 25.3 Å². The van der Waals surface area contributed by atoms with Crippen LogP contribution >= 0.6 is 11.8 Å². The minimum atomic E-state index is -1.22. The first kappa shape index (κ1) is 14.4. The van der Waals surface area contributed by atoms with Crippen molar-refractivity contribution in [1.29, 1.82) is 0 Å². The molecule has 6 nitrogen and oxygen atoms in total. The molecule has 0 aliphatic rings. The van der Waals surface area contributed by atoms with Gasteiger partial charge in [-0.3, -0.25) is 10.1 Å². The molecule has 0 spiro atoms. The van der Waals surface area contributed by atoms with Crippen molar-refractivity contribution in [2.75, 3.05) is 5.75 Å². The first-order valence-corrected chi connectivity index (χ1v) is 6.41. The third-order valence-electron chi connectivity index (χ3n) is 2.21. The van der Waals surface area contributed by atoms with Gasteiger partial charge >= 0.3 is 11.7 Å². The van der Waals surface area contributed by atoms with Crippen LogP contribution in [0.1, 0.15) is 30.6 Å². The molecular weight excluding hydrogens is 256 g/mol. The van der Waals surface area contributed by atoms with Gasteiger partial charge in [0.05, 0.1) is 10.5 Å². The fourth-order valence-corrected chi connectivity index (χ4v) is 2.38. The van der Waals surface area contributed by atoms with E-state index in [1.807, 2.05) is 0 Å². The summed E-state index contributed by atoms with van der Waals surface area (Å²) in [6.45, 7) is 4.13. The largest absolute Gasteiger partial charge is 0.478 e. The number of carbonyl (C=O) groups is 1. The lowest BCUT2D eigenvalue weighted by molar-refractivity contribution is -0.388. The molecule has 0 radical (unpaired) electrons. The number of rotatable bonds is 6. The molecule has 0 atom stereocenters. The van der Waals surface area contributed by atoms with Gasteiger partial charge in [-0.1, -0.05) is 25.6 Å². The highest BCUT2D eigenvalue weighted by molar-refractivity contribution is 7.99. The predicted molar refractivity (Wildman–Crippen MR) is 68.0 cm³/mol. The summed E-state index contributed by atoms with van der Waals surface area (Å²) >= 11 is 1.28. The number of carboxylic acids is 1. The van der Waals surface area contributed by atoms with Crippen LogP contribution in [0.5, 0.6) is 0 Å². The second-order valence-electron chi connectivity index (χ2n) is 4.14. The smallest absolute Gasteiger partial charge is 0.337 e. The molecule has 7 heteroatoms. The van der Waals surface area contributed by atoms with Crippen LogP contribution in [0.15, 0.2) is 17.3 Å². The topological polar surface area (TPSA) is 93.3 Å². The lowest BCUT2D eigenvalue weighted by atomic mass is 10.2. The Morgan fingerprint density at radius 2 is 2.28 bits per heavy atom. The summed E-state index contributed by atoms with van der Waals surface area (Å²) in [7, 11) is 0. The van der Waals surface area contributed by atoms with Gasteiger partial charge in [-0.25, -0.2) is 9.78 Å². The maximum Gasteiger partial charge on any atom is 0.337 e. The van der Waals surface area contributed by atoms with Gasteiger partial charge in [-0.15, -0.1) is 0 Å². The van der Waals surface area contributed by atoms with E-state index in [2.05, 4.69) is 18.8 Å². The summed E-state index contributed by atoms with van der Waals surface area (Å²) < 4.78 is 0. The lowest BCUT2D eigenvalue weighted by Gasteiger charge is -2.05. The molecule has 0 unspecified atom stereocenters. The molecule has 0 fully saturated rings. The average molecular weight is 270 g/mol. The Kier molecular flexibility index (Phi) is 5.08. The van der Waals surface area contributed by atoms with Crippen molar-refractivity contribution in [3.63, 3.8) is 0 Å². The summed E-state index contributed by atoms with van der Waals surface area (Å²) in [5.41, 5.74) is -0.418. The highest BCUT2D eigenvalue weighted by Gasteiger charge is 2.19. The molecule has 1 aromatic rings. The van der Waals surface area contributed by atoms with Gasteiger partial charge in [-0.05, 0) is 18.1 Å². The van der Waals surface area contributed by atoms with E-state index in [0.717, 1.165) is 24.4 Å². The van der Waals surface area contributed by atoms with Gasteiger partial charge in [0, 0.05) is 12.3 Å². The van der Waals surface area contributed by atoms with Gasteiger partial charge in [0.1, 0.15) is 0 Å². The number of aromatic carboxylic acids is 1. The zero-order valence-electron chi connectivity index (χ0n) is 10.1.